The fourth-order valence-electron chi connectivity index (χ4n) is 5.78. The van der Waals surface area contributed by atoms with E-state index in [1.165, 1.54) is 160 Å². The zero-order valence-electron chi connectivity index (χ0n) is 24.7. The van der Waals surface area contributed by atoms with Gasteiger partial charge in [0.25, 0.3) is 5.82 Å². The maximum absolute atomic E-state index is 3.66. The standard InChI is InChI=1S/C33H64N2/c1-5-8-10-12-14-16-17-18-19-20-22-24-27-31(4)35-30-29-34-33(35)32(26-7-3)28-25-23-21-15-13-11-9-6-2/h29-32H,5-28H2,1-4H3/p+1. The Balaban J connectivity index is 2.21. The van der Waals surface area contributed by atoms with Gasteiger partial charge in [-0.05, 0) is 32.6 Å². The normalized spacial score (nSPS) is 13.4. The molecule has 0 aromatic carbocycles. The van der Waals surface area contributed by atoms with E-state index >= 15 is 0 Å². The van der Waals surface area contributed by atoms with Crippen LogP contribution in [0.5, 0.6) is 0 Å². The van der Waals surface area contributed by atoms with Gasteiger partial charge < -0.3 is 0 Å². The summed E-state index contributed by atoms with van der Waals surface area (Å²) in [7, 11) is 0. The minimum Gasteiger partial charge on any atom is -0.247 e. The SMILES string of the molecule is CCCCCCCCCCCCCCC(C)[n+]1cc[nH]c1C(CCC)CCCCCCCCCC. The van der Waals surface area contributed by atoms with Crippen molar-refractivity contribution in [1.29, 1.82) is 0 Å². The van der Waals surface area contributed by atoms with Crippen LogP contribution in [0.15, 0.2) is 12.4 Å². The third-order valence-corrected chi connectivity index (χ3v) is 8.12. The van der Waals surface area contributed by atoms with Crippen LogP contribution in [0, 0.1) is 0 Å². The molecule has 2 atom stereocenters. The van der Waals surface area contributed by atoms with E-state index in [1.54, 1.807) is 0 Å². The zero-order valence-corrected chi connectivity index (χ0v) is 24.7. The van der Waals surface area contributed by atoms with Crippen molar-refractivity contribution < 1.29 is 4.57 Å². The topological polar surface area (TPSA) is 19.7 Å². The highest BCUT2D eigenvalue weighted by Gasteiger charge is 2.24. The Morgan fingerprint density at radius 3 is 1.43 bits per heavy atom. The molecule has 1 aromatic rings. The Kier molecular flexibility index (Phi) is 21.7. The fraction of sp³-hybridized carbons (Fsp3) is 0.909. The molecule has 206 valence electrons. The highest BCUT2D eigenvalue weighted by Crippen LogP contribution is 2.26. The summed E-state index contributed by atoms with van der Waals surface area (Å²) in [4.78, 5) is 3.66. The van der Waals surface area contributed by atoms with Crippen LogP contribution in [0.3, 0.4) is 0 Å². The van der Waals surface area contributed by atoms with Gasteiger partial charge >= 0.3 is 0 Å². The smallest absolute Gasteiger partial charge is 0.247 e. The van der Waals surface area contributed by atoms with Crippen molar-refractivity contribution in [3.63, 3.8) is 0 Å². The van der Waals surface area contributed by atoms with Gasteiger partial charge in [-0.2, -0.15) is 0 Å². The second-order valence-corrected chi connectivity index (χ2v) is 11.5. The quantitative estimate of drug-likeness (QED) is 0.0985. The summed E-state index contributed by atoms with van der Waals surface area (Å²) >= 11 is 0. The summed E-state index contributed by atoms with van der Waals surface area (Å²) < 4.78 is 2.59. The lowest BCUT2D eigenvalue weighted by atomic mass is 9.94. The van der Waals surface area contributed by atoms with E-state index in [4.69, 9.17) is 0 Å². The van der Waals surface area contributed by atoms with Crippen LogP contribution in [0.4, 0.5) is 0 Å². The molecule has 1 aromatic heterocycles. The highest BCUT2D eigenvalue weighted by molar-refractivity contribution is 4.90. The summed E-state index contributed by atoms with van der Waals surface area (Å²) in [5.41, 5.74) is 0. The maximum Gasteiger partial charge on any atom is 0.257 e. The minimum absolute atomic E-state index is 0.622. The fourth-order valence-corrected chi connectivity index (χ4v) is 5.78. The summed E-state index contributed by atoms with van der Waals surface area (Å²) in [5, 5.41) is 0. The number of nitrogens with zero attached hydrogens (tertiary/aromatic N) is 1. The van der Waals surface area contributed by atoms with Gasteiger partial charge in [-0.1, -0.05) is 149 Å². The van der Waals surface area contributed by atoms with Crippen LogP contribution in [-0.4, -0.2) is 4.98 Å². The molecule has 0 aliphatic rings. The molecule has 0 aliphatic heterocycles. The van der Waals surface area contributed by atoms with Gasteiger partial charge in [-0.3, -0.25) is 0 Å². The molecule has 0 saturated carbocycles. The molecular formula is C33H65N2+. The van der Waals surface area contributed by atoms with Crippen LogP contribution >= 0.6 is 0 Å². The first-order valence-electron chi connectivity index (χ1n) is 16.3. The molecule has 35 heavy (non-hydrogen) atoms. The molecule has 0 spiro atoms. The molecule has 0 bridgehead atoms. The van der Waals surface area contributed by atoms with E-state index in [9.17, 15) is 0 Å². The average molecular weight is 490 g/mol. The number of aromatic nitrogens is 2. The first kappa shape index (κ1) is 32.2. The number of hydrogen-bond acceptors (Lipinski definition) is 0. The Bertz CT molecular complexity index is 549. The summed E-state index contributed by atoms with van der Waals surface area (Å²) in [5.74, 6) is 2.21. The Morgan fingerprint density at radius 1 is 0.543 bits per heavy atom. The molecule has 0 saturated heterocycles. The third-order valence-electron chi connectivity index (χ3n) is 8.12. The number of H-pyrrole nitrogens is 1. The zero-order chi connectivity index (χ0) is 25.4. The van der Waals surface area contributed by atoms with E-state index in [2.05, 4.69) is 49.6 Å². The monoisotopic (exact) mass is 490 g/mol. The van der Waals surface area contributed by atoms with Crippen molar-refractivity contribution >= 4 is 0 Å². The van der Waals surface area contributed by atoms with Crippen molar-refractivity contribution in [1.82, 2.24) is 4.98 Å². The highest BCUT2D eigenvalue weighted by atomic mass is 15.1. The van der Waals surface area contributed by atoms with Gasteiger partial charge in [0.15, 0.2) is 0 Å². The van der Waals surface area contributed by atoms with E-state index < -0.39 is 0 Å². The van der Waals surface area contributed by atoms with Gasteiger partial charge in [-0.25, -0.2) is 9.55 Å². The van der Waals surface area contributed by atoms with Crippen LogP contribution in [-0.2, 0) is 0 Å². The molecular weight excluding hydrogens is 424 g/mol. The van der Waals surface area contributed by atoms with Gasteiger partial charge in [0.05, 0.1) is 12.0 Å². The van der Waals surface area contributed by atoms with Crippen molar-refractivity contribution in [2.45, 2.75) is 194 Å². The van der Waals surface area contributed by atoms with Crippen LogP contribution in [0.1, 0.15) is 200 Å². The largest absolute Gasteiger partial charge is 0.257 e. The number of unbranched alkanes of at least 4 members (excludes halogenated alkanes) is 18. The van der Waals surface area contributed by atoms with Crippen molar-refractivity contribution in [3.05, 3.63) is 18.2 Å². The van der Waals surface area contributed by atoms with E-state index in [-0.39, 0.29) is 0 Å². The van der Waals surface area contributed by atoms with Gasteiger partial charge in [-0.15, -0.1) is 0 Å². The molecule has 2 unspecified atom stereocenters. The summed E-state index contributed by atoms with van der Waals surface area (Å²) in [6.07, 6.45) is 38.4. The predicted octanol–water partition coefficient (Wildman–Crippen LogP) is 11.4. The van der Waals surface area contributed by atoms with Crippen LogP contribution in [0.2, 0.25) is 0 Å². The van der Waals surface area contributed by atoms with E-state index in [0.717, 1.165) is 0 Å². The molecule has 0 aliphatic carbocycles. The van der Waals surface area contributed by atoms with Crippen molar-refractivity contribution in [2.75, 3.05) is 0 Å². The minimum atomic E-state index is 0.622. The molecule has 0 fully saturated rings. The summed E-state index contributed by atoms with van der Waals surface area (Å²) in [6.45, 7) is 9.40. The average Bonchev–Trinajstić information content (AvgIpc) is 3.35. The van der Waals surface area contributed by atoms with Crippen molar-refractivity contribution in [2.24, 2.45) is 0 Å². The molecule has 1 rings (SSSR count). The van der Waals surface area contributed by atoms with E-state index in [0.29, 0.717) is 12.0 Å². The number of aromatic amines is 1. The molecule has 1 heterocycles. The number of nitrogens with one attached hydrogen (secondary N) is 1. The number of rotatable bonds is 26. The van der Waals surface area contributed by atoms with Gasteiger partial charge in [0, 0.05) is 0 Å². The molecule has 2 nitrogen and oxygen atoms in total. The predicted molar refractivity (Wildman–Crippen MR) is 156 cm³/mol. The third kappa shape index (κ3) is 16.6. The van der Waals surface area contributed by atoms with Crippen LogP contribution < -0.4 is 4.57 Å². The summed E-state index contributed by atoms with van der Waals surface area (Å²) in [6, 6.07) is 0.622. The first-order chi connectivity index (χ1) is 17.2. The second-order valence-electron chi connectivity index (χ2n) is 11.5. The molecule has 0 amide bonds. The Labute approximate surface area is 221 Å². The maximum atomic E-state index is 3.66. The number of hydrogen-bond donors (Lipinski definition) is 1. The van der Waals surface area contributed by atoms with Crippen molar-refractivity contribution in [3.8, 4) is 0 Å². The second kappa shape index (κ2) is 23.6. The van der Waals surface area contributed by atoms with Crippen LogP contribution in [0.25, 0.3) is 0 Å². The number of imidazole rings is 1. The lowest BCUT2D eigenvalue weighted by molar-refractivity contribution is -0.727. The molecule has 2 heteroatoms. The lowest BCUT2D eigenvalue weighted by Gasteiger charge is -2.16. The molecule has 1 N–H and O–H groups in total. The molecule has 0 radical (unpaired) electrons. The lowest BCUT2D eigenvalue weighted by Crippen LogP contribution is -2.41. The Hall–Kier alpha value is -0.790. The van der Waals surface area contributed by atoms with Gasteiger partial charge in [0.1, 0.15) is 12.4 Å². The van der Waals surface area contributed by atoms with E-state index in [1.807, 2.05) is 0 Å². The first-order valence-corrected chi connectivity index (χ1v) is 16.3. The van der Waals surface area contributed by atoms with Gasteiger partial charge in [0.2, 0.25) is 0 Å². The Morgan fingerprint density at radius 2 is 0.971 bits per heavy atom.